The summed E-state index contributed by atoms with van der Waals surface area (Å²) in [5.41, 5.74) is 5.04. The van der Waals surface area contributed by atoms with Gasteiger partial charge in [0.05, 0.1) is 13.2 Å². The average Bonchev–Trinajstić information content (AvgIpc) is 2.43. The lowest BCUT2D eigenvalue weighted by molar-refractivity contribution is 0.242. The molecule has 0 aliphatic carbocycles. The number of hydrogen-bond donors (Lipinski definition) is 2. The molecule has 1 aliphatic heterocycles. The number of aliphatic hydroxyl groups is 1. The van der Waals surface area contributed by atoms with Crippen LogP contribution in [-0.4, -0.2) is 23.9 Å². The minimum Gasteiger partial charge on any atom is -0.394 e. The fraction of sp³-hybridized carbons (Fsp3) is 0.750. The van der Waals surface area contributed by atoms with Crippen LogP contribution < -0.4 is 5.73 Å². The third kappa shape index (κ3) is 0.907. The molecule has 7 heavy (non-hydrogen) atoms. The van der Waals surface area contributed by atoms with Gasteiger partial charge in [0.15, 0.2) is 0 Å². The zero-order valence-corrected chi connectivity index (χ0v) is 3.87. The molecular formula is C4H8NO2. The maximum atomic E-state index is 8.31. The Labute approximate surface area is 42.1 Å². The van der Waals surface area contributed by atoms with Crippen molar-refractivity contribution in [2.24, 2.45) is 5.73 Å². The van der Waals surface area contributed by atoms with Crippen molar-refractivity contribution < 1.29 is 9.84 Å². The summed E-state index contributed by atoms with van der Waals surface area (Å²) in [5, 5.41) is 8.31. The Morgan fingerprint density at radius 1 is 1.86 bits per heavy atom. The Morgan fingerprint density at radius 2 is 2.57 bits per heavy atom. The molecule has 1 fully saturated rings. The van der Waals surface area contributed by atoms with E-state index in [9.17, 15) is 0 Å². The predicted molar refractivity (Wildman–Crippen MR) is 24.2 cm³/mol. The first-order valence-electron chi connectivity index (χ1n) is 2.20. The first kappa shape index (κ1) is 5.03. The molecule has 41 valence electrons. The zero-order chi connectivity index (χ0) is 5.28. The summed E-state index contributed by atoms with van der Waals surface area (Å²) in [7, 11) is 0. The molecule has 3 N–H and O–H groups in total. The second kappa shape index (κ2) is 1.78. The predicted octanol–water partition coefficient (Wildman–Crippen LogP) is -1.13. The van der Waals surface area contributed by atoms with E-state index in [2.05, 4.69) is 0 Å². The Morgan fingerprint density at radius 3 is 2.71 bits per heavy atom. The van der Waals surface area contributed by atoms with E-state index in [0.29, 0.717) is 0 Å². The molecule has 2 atom stereocenters. The van der Waals surface area contributed by atoms with Crippen LogP contribution >= 0.6 is 0 Å². The lowest BCUT2D eigenvalue weighted by atomic mass is 10.3. The van der Waals surface area contributed by atoms with Crippen molar-refractivity contribution in [1.82, 2.24) is 0 Å². The van der Waals surface area contributed by atoms with E-state index in [0.717, 1.165) is 0 Å². The molecule has 0 aromatic heterocycles. The summed E-state index contributed by atoms with van der Waals surface area (Å²) in [4.78, 5) is 0. The molecule has 3 nitrogen and oxygen atoms in total. The molecule has 0 spiro atoms. The number of aliphatic hydroxyl groups excluding tert-OH is 1. The van der Waals surface area contributed by atoms with Crippen LogP contribution in [0.2, 0.25) is 0 Å². The molecule has 3 heteroatoms. The number of nitrogens with two attached hydrogens (primary N) is 1. The molecule has 0 aromatic rings. The Kier molecular flexibility index (Phi) is 1.27. The highest BCUT2D eigenvalue weighted by Gasteiger charge is 2.36. The smallest absolute Gasteiger partial charge is 0.109 e. The van der Waals surface area contributed by atoms with Crippen LogP contribution in [-0.2, 0) is 4.74 Å². The molecule has 1 aliphatic rings. The van der Waals surface area contributed by atoms with Crippen LogP contribution in [0.4, 0.5) is 0 Å². The van der Waals surface area contributed by atoms with Gasteiger partial charge in [-0.25, -0.2) is 0 Å². The van der Waals surface area contributed by atoms with E-state index >= 15 is 0 Å². The number of epoxide rings is 1. The highest BCUT2D eigenvalue weighted by atomic mass is 16.6. The van der Waals surface area contributed by atoms with Crippen LogP contribution in [0.15, 0.2) is 0 Å². The third-order valence-electron chi connectivity index (χ3n) is 0.991. The van der Waals surface area contributed by atoms with Gasteiger partial charge in [-0.2, -0.15) is 0 Å². The minimum absolute atomic E-state index is 0.00926. The molecule has 0 bridgehead atoms. The molecule has 1 heterocycles. The lowest BCUT2D eigenvalue weighted by Crippen LogP contribution is -2.04. The van der Waals surface area contributed by atoms with Gasteiger partial charge in [-0.15, -0.1) is 0 Å². The van der Waals surface area contributed by atoms with Crippen LogP contribution in [0.1, 0.15) is 0 Å². The molecule has 1 saturated heterocycles. The topological polar surface area (TPSA) is 58.8 Å². The van der Waals surface area contributed by atoms with Gasteiger partial charge in [-0.1, -0.05) is 0 Å². The molecule has 0 aromatic carbocycles. The second-order valence-electron chi connectivity index (χ2n) is 1.51. The normalized spacial score (nSPS) is 38.6. The fourth-order valence-corrected chi connectivity index (χ4v) is 0.473. The van der Waals surface area contributed by atoms with Crippen LogP contribution in [0.3, 0.4) is 0 Å². The summed E-state index contributed by atoms with van der Waals surface area (Å²) in [6, 6.07) is 0. The molecule has 1 rings (SSSR count). The molecule has 2 unspecified atom stereocenters. The van der Waals surface area contributed by atoms with Crippen LogP contribution in [0, 0.1) is 6.54 Å². The van der Waals surface area contributed by atoms with E-state index < -0.39 is 0 Å². The molecule has 0 saturated carbocycles. The van der Waals surface area contributed by atoms with Gasteiger partial charge < -0.3 is 15.6 Å². The third-order valence-corrected chi connectivity index (χ3v) is 0.991. The maximum absolute atomic E-state index is 8.31. The summed E-state index contributed by atoms with van der Waals surface area (Å²) in [6.45, 7) is 1.53. The number of hydrogen-bond acceptors (Lipinski definition) is 3. The van der Waals surface area contributed by atoms with E-state index in [4.69, 9.17) is 15.6 Å². The standard InChI is InChI=1S/C4H8NO2/c5-1-3-4(2-6)7-3/h1,3-4,6H,2,5H2. The summed E-state index contributed by atoms with van der Waals surface area (Å²) in [6.07, 6.45) is 0.00926. The quantitative estimate of drug-likeness (QED) is 0.433. The van der Waals surface area contributed by atoms with Crippen molar-refractivity contribution in [3.05, 3.63) is 6.54 Å². The Bertz CT molecular complexity index is 58.7. The maximum Gasteiger partial charge on any atom is 0.109 e. The van der Waals surface area contributed by atoms with Crippen molar-refractivity contribution in [3.63, 3.8) is 0 Å². The number of rotatable bonds is 2. The number of ether oxygens (including phenoxy) is 1. The van der Waals surface area contributed by atoms with Crippen molar-refractivity contribution in [2.75, 3.05) is 6.61 Å². The van der Waals surface area contributed by atoms with Gasteiger partial charge in [-0.3, -0.25) is 0 Å². The second-order valence-corrected chi connectivity index (χ2v) is 1.51. The SMILES string of the molecule is N[CH]C1OC1CO. The van der Waals surface area contributed by atoms with Crippen LogP contribution in [0.5, 0.6) is 0 Å². The largest absolute Gasteiger partial charge is 0.394 e. The van der Waals surface area contributed by atoms with Gasteiger partial charge in [0.1, 0.15) is 12.2 Å². The Hall–Kier alpha value is -0.120. The highest BCUT2D eigenvalue weighted by Crippen LogP contribution is 2.20. The van der Waals surface area contributed by atoms with Gasteiger partial charge in [-0.05, 0) is 0 Å². The van der Waals surface area contributed by atoms with E-state index in [1.54, 1.807) is 0 Å². The lowest BCUT2D eigenvalue weighted by Gasteiger charge is -1.78. The van der Waals surface area contributed by atoms with Crippen molar-refractivity contribution in [1.29, 1.82) is 0 Å². The van der Waals surface area contributed by atoms with Crippen molar-refractivity contribution in [3.8, 4) is 0 Å². The summed E-state index contributed by atoms with van der Waals surface area (Å²) >= 11 is 0. The fourth-order valence-electron chi connectivity index (χ4n) is 0.473. The summed E-state index contributed by atoms with van der Waals surface area (Å²) < 4.78 is 4.78. The average molecular weight is 102 g/mol. The summed E-state index contributed by atoms with van der Waals surface area (Å²) in [5.74, 6) is 0. The van der Waals surface area contributed by atoms with Crippen molar-refractivity contribution in [2.45, 2.75) is 12.2 Å². The monoisotopic (exact) mass is 102 g/mol. The first-order valence-corrected chi connectivity index (χ1v) is 2.20. The van der Waals surface area contributed by atoms with Gasteiger partial charge in [0, 0.05) is 0 Å². The van der Waals surface area contributed by atoms with E-state index in [1.807, 2.05) is 0 Å². The van der Waals surface area contributed by atoms with Gasteiger partial charge in [0.2, 0.25) is 0 Å². The molecule has 0 amide bonds. The van der Waals surface area contributed by atoms with E-state index in [-0.39, 0.29) is 18.8 Å². The molecular weight excluding hydrogens is 94.0 g/mol. The van der Waals surface area contributed by atoms with Gasteiger partial charge in [0.25, 0.3) is 0 Å². The molecule has 1 radical (unpaired) electrons. The highest BCUT2D eigenvalue weighted by molar-refractivity contribution is 4.91. The first-order chi connectivity index (χ1) is 3.38. The van der Waals surface area contributed by atoms with Crippen molar-refractivity contribution >= 4 is 0 Å². The van der Waals surface area contributed by atoms with Gasteiger partial charge >= 0.3 is 0 Å². The Balaban J connectivity index is 2.06. The van der Waals surface area contributed by atoms with E-state index in [1.165, 1.54) is 6.54 Å². The van der Waals surface area contributed by atoms with Crippen LogP contribution in [0.25, 0.3) is 0 Å². The minimum atomic E-state index is -0.00926. The zero-order valence-electron chi connectivity index (χ0n) is 3.87.